The molecule has 0 rings (SSSR count). The molecule has 0 spiro atoms. The Labute approximate surface area is 59.3 Å². The molecule has 0 saturated carbocycles. The van der Waals surface area contributed by atoms with Crippen LogP contribution in [-0.4, -0.2) is 13.2 Å². The molecule has 0 aliphatic carbocycles. The SMILES string of the molecule is CCC(C)(C)BC(C)N. The van der Waals surface area contributed by atoms with Crippen LogP contribution in [0.2, 0.25) is 5.31 Å². The minimum absolute atomic E-state index is 0.347. The Bertz CT molecular complexity index is 79.0. The Morgan fingerprint density at radius 1 is 1.56 bits per heavy atom. The molecule has 54 valence electrons. The maximum atomic E-state index is 5.65. The molecule has 0 aromatic carbocycles. The molecule has 1 atom stereocenters. The van der Waals surface area contributed by atoms with Crippen molar-refractivity contribution in [2.75, 3.05) is 0 Å². The molecule has 9 heavy (non-hydrogen) atoms. The molecule has 0 bridgehead atoms. The lowest BCUT2D eigenvalue weighted by Gasteiger charge is -2.22. The molecule has 0 amide bonds. The molecule has 0 aromatic heterocycles. The molecule has 0 radical (unpaired) electrons. The van der Waals surface area contributed by atoms with Crippen molar-refractivity contribution in [3.05, 3.63) is 0 Å². The summed E-state index contributed by atoms with van der Waals surface area (Å²) in [7, 11) is 1.13. The van der Waals surface area contributed by atoms with Gasteiger partial charge in [-0.25, -0.2) is 0 Å². The van der Waals surface area contributed by atoms with Crippen molar-refractivity contribution in [1.82, 2.24) is 0 Å². The van der Waals surface area contributed by atoms with Gasteiger partial charge >= 0.3 is 0 Å². The normalized spacial score (nSPS) is 15.2. The summed E-state index contributed by atoms with van der Waals surface area (Å²) in [6, 6.07) is 0. The van der Waals surface area contributed by atoms with Crippen LogP contribution in [0, 0.1) is 0 Å². The van der Waals surface area contributed by atoms with E-state index in [1.807, 2.05) is 0 Å². The van der Waals surface area contributed by atoms with E-state index in [-0.39, 0.29) is 0 Å². The van der Waals surface area contributed by atoms with Gasteiger partial charge in [-0.3, -0.25) is 0 Å². The maximum absolute atomic E-state index is 5.65. The Kier molecular flexibility index (Phi) is 3.27. The minimum Gasteiger partial charge on any atom is -0.335 e. The van der Waals surface area contributed by atoms with Crippen molar-refractivity contribution < 1.29 is 0 Å². The van der Waals surface area contributed by atoms with Gasteiger partial charge in [0.2, 0.25) is 0 Å². The highest BCUT2D eigenvalue weighted by molar-refractivity contribution is 6.41. The largest absolute Gasteiger partial charge is 0.335 e. The van der Waals surface area contributed by atoms with Crippen LogP contribution in [0.15, 0.2) is 0 Å². The summed E-state index contributed by atoms with van der Waals surface area (Å²) in [6.07, 6.45) is 1.22. The number of hydrogen-bond acceptors (Lipinski definition) is 1. The van der Waals surface area contributed by atoms with Crippen LogP contribution in [0.4, 0.5) is 0 Å². The van der Waals surface area contributed by atoms with Crippen LogP contribution in [0.3, 0.4) is 0 Å². The van der Waals surface area contributed by atoms with E-state index in [2.05, 4.69) is 27.7 Å². The van der Waals surface area contributed by atoms with E-state index >= 15 is 0 Å². The van der Waals surface area contributed by atoms with E-state index in [1.54, 1.807) is 0 Å². The summed E-state index contributed by atoms with van der Waals surface area (Å²) in [5, 5.41) is 0.439. The van der Waals surface area contributed by atoms with Gasteiger partial charge in [-0.15, -0.1) is 0 Å². The second-order valence-electron chi connectivity index (χ2n) is 3.70. The number of hydrogen-bond donors (Lipinski definition) is 1. The fraction of sp³-hybridized carbons (Fsp3) is 1.00. The van der Waals surface area contributed by atoms with Gasteiger partial charge in [0.1, 0.15) is 7.28 Å². The Morgan fingerprint density at radius 2 is 2.00 bits per heavy atom. The van der Waals surface area contributed by atoms with Gasteiger partial charge in [-0.05, 0) is 5.94 Å². The molecule has 0 aromatic rings. The van der Waals surface area contributed by atoms with Gasteiger partial charge in [0.05, 0.1) is 0 Å². The average molecular weight is 127 g/mol. The number of nitrogens with two attached hydrogens (primary N) is 1. The van der Waals surface area contributed by atoms with Crippen LogP contribution in [0.25, 0.3) is 0 Å². The highest BCUT2D eigenvalue weighted by Crippen LogP contribution is 2.26. The zero-order valence-corrected chi connectivity index (χ0v) is 7.07. The summed E-state index contributed by atoms with van der Waals surface area (Å²) in [5.41, 5.74) is 5.65. The first-order chi connectivity index (χ1) is 3.98. The van der Waals surface area contributed by atoms with Crippen LogP contribution >= 0.6 is 0 Å². The smallest absolute Gasteiger partial charge is 0.147 e. The van der Waals surface area contributed by atoms with Gasteiger partial charge in [0.15, 0.2) is 0 Å². The standard InChI is InChI=1S/C7H18BN/c1-5-7(3,4)8-6(2)9/h6,8H,5,9H2,1-4H3. The lowest BCUT2D eigenvalue weighted by Crippen LogP contribution is -2.30. The van der Waals surface area contributed by atoms with E-state index in [0.717, 1.165) is 7.28 Å². The third kappa shape index (κ3) is 4.52. The highest BCUT2D eigenvalue weighted by Gasteiger charge is 2.18. The first kappa shape index (κ1) is 9.02. The quantitative estimate of drug-likeness (QED) is 0.568. The van der Waals surface area contributed by atoms with Crippen LogP contribution in [-0.2, 0) is 0 Å². The lowest BCUT2D eigenvalue weighted by atomic mass is 9.49. The zero-order valence-electron chi connectivity index (χ0n) is 7.07. The van der Waals surface area contributed by atoms with Crippen molar-refractivity contribution in [2.24, 2.45) is 5.73 Å². The molecule has 0 fully saturated rings. The van der Waals surface area contributed by atoms with Crippen LogP contribution < -0.4 is 5.73 Å². The van der Waals surface area contributed by atoms with E-state index in [4.69, 9.17) is 5.73 Å². The Morgan fingerprint density at radius 3 is 2.11 bits per heavy atom. The van der Waals surface area contributed by atoms with E-state index in [0.29, 0.717) is 11.3 Å². The summed E-state index contributed by atoms with van der Waals surface area (Å²) >= 11 is 0. The van der Waals surface area contributed by atoms with Crippen LogP contribution in [0.5, 0.6) is 0 Å². The highest BCUT2D eigenvalue weighted by atomic mass is 14.6. The van der Waals surface area contributed by atoms with Gasteiger partial charge in [0, 0.05) is 0 Å². The lowest BCUT2D eigenvalue weighted by molar-refractivity contribution is 0.632. The van der Waals surface area contributed by atoms with E-state index in [9.17, 15) is 0 Å². The van der Waals surface area contributed by atoms with Gasteiger partial charge < -0.3 is 5.73 Å². The van der Waals surface area contributed by atoms with Gasteiger partial charge in [0.25, 0.3) is 0 Å². The summed E-state index contributed by atoms with van der Waals surface area (Å²) in [4.78, 5) is 0. The first-order valence-corrected chi connectivity index (χ1v) is 3.73. The molecule has 0 aliphatic rings. The predicted octanol–water partition coefficient (Wildman–Crippen LogP) is 1.34. The summed E-state index contributed by atoms with van der Waals surface area (Å²) in [6.45, 7) is 8.80. The molecule has 0 aliphatic heterocycles. The number of rotatable bonds is 3. The van der Waals surface area contributed by atoms with Gasteiger partial charge in [-0.1, -0.05) is 39.4 Å². The van der Waals surface area contributed by atoms with E-state index in [1.165, 1.54) is 6.42 Å². The fourth-order valence-corrected chi connectivity index (χ4v) is 1.02. The average Bonchev–Trinajstić information content (AvgIpc) is 1.63. The van der Waals surface area contributed by atoms with Crippen molar-refractivity contribution in [2.45, 2.75) is 45.4 Å². The molecular formula is C7H18BN. The minimum atomic E-state index is 0.347. The zero-order chi connectivity index (χ0) is 7.49. The second-order valence-corrected chi connectivity index (χ2v) is 3.70. The predicted molar refractivity (Wildman–Crippen MR) is 45.1 cm³/mol. The Balaban J connectivity index is 3.58. The first-order valence-electron chi connectivity index (χ1n) is 3.73. The van der Waals surface area contributed by atoms with Crippen molar-refractivity contribution in [1.29, 1.82) is 0 Å². The Hall–Kier alpha value is 0.0249. The second kappa shape index (κ2) is 3.26. The third-order valence-corrected chi connectivity index (χ3v) is 1.83. The van der Waals surface area contributed by atoms with Crippen molar-refractivity contribution in [3.8, 4) is 0 Å². The molecule has 0 heterocycles. The molecular weight excluding hydrogens is 109 g/mol. The molecule has 1 nitrogen and oxygen atoms in total. The monoisotopic (exact) mass is 127 g/mol. The summed E-state index contributed by atoms with van der Waals surface area (Å²) in [5.74, 6) is 0.347. The molecule has 0 saturated heterocycles. The molecule has 1 unspecified atom stereocenters. The summed E-state index contributed by atoms with van der Waals surface area (Å²) < 4.78 is 0. The van der Waals surface area contributed by atoms with Crippen LogP contribution in [0.1, 0.15) is 34.1 Å². The van der Waals surface area contributed by atoms with Crippen molar-refractivity contribution >= 4 is 7.28 Å². The van der Waals surface area contributed by atoms with Gasteiger partial charge in [-0.2, -0.15) is 0 Å². The third-order valence-electron chi connectivity index (χ3n) is 1.83. The fourth-order valence-electron chi connectivity index (χ4n) is 1.02. The molecule has 2 N–H and O–H groups in total. The maximum Gasteiger partial charge on any atom is 0.147 e. The van der Waals surface area contributed by atoms with E-state index < -0.39 is 0 Å². The topological polar surface area (TPSA) is 26.0 Å². The molecule has 2 heteroatoms. The van der Waals surface area contributed by atoms with Crippen molar-refractivity contribution in [3.63, 3.8) is 0 Å².